The summed E-state index contributed by atoms with van der Waals surface area (Å²) < 4.78 is 11.4. The van der Waals surface area contributed by atoms with Crippen molar-refractivity contribution < 1.29 is 18.8 Å². The first-order valence-corrected chi connectivity index (χ1v) is 10.1. The number of amides is 1. The predicted molar refractivity (Wildman–Crippen MR) is 79.5 cm³/mol. The van der Waals surface area contributed by atoms with Crippen LogP contribution in [0.3, 0.4) is 0 Å². The molecule has 1 aliphatic heterocycles. The number of hydrogen-bond acceptors (Lipinski definition) is 4. The minimum atomic E-state index is -1.94. The van der Waals surface area contributed by atoms with Gasteiger partial charge < -0.3 is 14.5 Å². The van der Waals surface area contributed by atoms with Crippen molar-refractivity contribution in [3.8, 4) is 0 Å². The zero-order chi connectivity index (χ0) is 15.7. The van der Waals surface area contributed by atoms with Crippen molar-refractivity contribution in [2.75, 3.05) is 0 Å². The zero-order valence-electron chi connectivity index (χ0n) is 13.6. The largest absolute Gasteiger partial charge is 0.441 e. The minimum Gasteiger partial charge on any atom is -0.441 e. The molecular formula is C14H27NO4Si. The van der Waals surface area contributed by atoms with Gasteiger partial charge in [-0.3, -0.25) is 9.59 Å². The summed E-state index contributed by atoms with van der Waals surface area (Å²) in [6.45, 7) is 14.4. The Morgan fingerprint density at radius 3 is 2.35 bits per heavy atom. The molecule has 0 aromatic rings. The van der Waals surface area contributed by atoms with Crippen molar-refractivity contribution in [2.45, 2.75) is 71.5 Å². The molecule has 3 atom stereocenters. The van der Waals surface area contributed by atoms with E-state index in [2.05, 4.69) is 39.2 Å². The van der Waals surface area contributed by atoms with Crippen LogP contribution in [0.1, 0.15) is 41.0 Å². The van der Waals surface area contributed by atoms with Gasteiger partial charge in [0.15, 0.2) is 14.5 Å². The number of β-lactam (4-membered cyclic amide) rings is 1. The third-order valence-corrected chi connectivity index (χ3v) is 8.83. The van der Waals surface area contributed by atoms with E-state index in [-0.39, 0.29) is 23.0 Å². The quantitative estimate of drug-likeness (QED) is 0.481. The van der Waals surface area contributed by atoms with E-state index in [1.165, 1.54) is 0 Å². The second-order valence-corrected chi connectivity index (χ2v) is 11.6. The molecule has 0 radical (unpaired) electrons. The first kappa shape index (κ1) is 17.2. The molecule has 0 aromatic carbocycles. The summed E-state index contributed by atoms with van der Waals surface area (Å²) in [6.07, 6.45) is -0.495. The van der Waals surface area contributed by atoms with Crippen LogP contribution in [0, 0.1) is 5.92 Å². The highest BCUT2D eigenvalue weighted by atomic mass is 28.4. The van der Waals surface area contributed by atoms with Crippen molar-refractivity contribution >= 4 is 20.2 Å². The van der Waals surface area contributed by atoms with E-state index in [1.807, 2.05) is 6.92 Å². The molecule has 0 aliphatic carbocycles. The maximum atomic E-state index is 11.7. The number of nitrogens with one attached hydrogen (secondary N) is 1. The lowest BCUT2D eigenvalue weighted by Gasteiger charge is -2.44. The Kier molecular flexibility index (Phi) is 5.02. The van der Waals surface area contributed by atoms with Gasteiger partial charge in [0.1, 0.15) is 5.92 Å². The molecule has 0 aromatic heterocycles. The van der Waals surface area contributed by atoms with Gasteiger partial charge in [-0.15, -0.1) is 0 Å². The summed E-state index contributed by atoms with van der Waals surface area (Å²) in [7, 11) is -1.94. The van der Waals surface area contributed by atoms with Crippen LogP contribution in [0.5, 0.6) is 0 Å². The second-order valence-electron chi connectivity index (χ2n) is 6.88. The SMILES string of the molecule is CCC(=O)O[C@H]1NC(=O)[C@@H]1[C@@H](C)O[Si](C)(C)C(C)(C)C. The van der Waals surface area contributed by atoms with Crippen LogP contribution >= 0.6 is 0 Å². The lowest BCUT2D eigenvalue weighted by atomic mass is 9.93. The normalized spacial score (nSPS) is 24.6. The van der Waals surface area contributed by atoms with E-state index in [4.69, 9.17) is 9.16 Å². The smallest absolute Gasteiger partial charge is 0.307 e. The van der Waals surface area contributed by atoms with E-state index >= 15 is 0 Å². The van der Waals surface area contributed by atoms with Crippen molar-refractivity contribution in [1.82, 2.24) is 5.32 Å². The van der Waals surface area contributed by atoms with Gasteiger partial charge in [-0.2, -0.15) is 0 Å². The fraction of sp³-hybridized carbons (Fsp3) is 0.857. The number of rotatable bonds is 5. The Morgan fingerprint density at radius 2 is 1.95 bits per heavy atom. The molecule has 5 nitrogen and oxygen atoms in total. The standard InChI is InChI=1S/C14H27NO4Si/c1-8-10(16)18-13-11(12(17)15-13)9(2)19-20(6,7)14(3,4)5/h9,11,13H,8H2,1-7H3,(H,15,17)/t9-,11+,13-/m1/s1. The molecule has 0 saturated carbocycles. The molecule has 20 heavy (non-hydrogen) atoms. The Morgan fingerprint density at radius 1 is 1.40 bits per heavy atom. The lowest BCUT2D eigenvalue weighted by molar-refractivity contribution is -0.174. The summed E-state index contributed by atoms with van der Waals surface area (Å²) in [6, 6.07) is 0. The van der Waals surface area contributed by atoms with Crippen molar-refractivity contribution in [3.05, 3.63) is 0 Å². The molecule has 1 heterocycles. The zero-order valence-corrected chi connectivity index (χ0v) is 14.6. The van der Waals surface area contributed by atoms with E-state index in [0.717, 1.165) is 0 Å². The molecule has 1 saturated heterocycles. The highest BCUT2D eigenvalue weighted by molar-refractivity contribution is 6.74. The molecule has 1 amide bonds. The van der Waals surface area contributed by atoms with E-state index in [9.17, 15) is 9.59 Å². The van der Waals surface area contributed by atoms with Gasteiger partial charge >= 0.3 is 5.97 Å². The third-order valence-electron chi connectivity index (χ3n) is 4.25. The van der Waals surface area contributed by atoms with Crippen molar-refractivity contribution in [1.29, 1.82) is 0 Å². The molecule has 1 fully saturated rings. The average molecular weight is 301 g/mol. The summed E-state index contributed by atoms with van der Waals surface area (Å²) in [4.78, 5) is 23.0. The summed E-state index contributed by atoms with van der Waals surface area (Å²) in [5.74, 6) is -0.815. The number of carbonyl (C=O) groups excluding carboxylic acids is 2. The van der Waals surface area contributed by atoms with Crippen LogP contribution in [0.15, 0.2) is 0 Å². The van der Waals surface area contributed by atoms with Gasteiger partial charge in [0.2, 0.25) is 5.91 Å². The fourth-order valence-electron chi connectivity index (χ4n) is 1.87. The van der Waals surface area contributed by atoms with Gasteiger partial charge in [0, 0.05) is 6.42 Å². The molecule has 1 rings (SSSR count). The topological polar surface area (TPSA) is 64.6 Å². The Hall–Kier alpha value is -0.883. The average Bonchev–Trinajstić information content (AvgIpc) is 2.25. The monoisotopic (exact) mass is 301 g/mol. The molecule has 0 spiro atoms. The Bertz CT molecular complexity index is 389. The number of carbonyl (C=O) groups is 2. The molecule has 0 bridgehead atoms. The van der Waals surface area contributed by atoms with Crippen LogP contribution in [0.4, 0.5) is 0 Å². The van der Waals surface area contributed by atoms with Crippen molar-refractivity contribution in [2.24, 2.45) is 5.92 Å². The van der Waals surface area contributed by atoms with E-state index < -0.39 is 20.5 Å². The van der Waals surface area contributed by atoms with Gasteiger partial charge in [-0.1, -0.05) is 27.7 Å². The van der Waals surface area contributed by atoms with Crippen LogP contribution < -0.4 is 5.32 Å². The second kappa shape index (κ2) is 5.85. The number of hydrogen-bond donors (Lipinski definition) is 1. The number of esters is 1. The predicted octanol–water partition coefficient (Wildman–Crippen LogP) is 2.42. The summed E-state index contributed by atoms with van der Waals surface area (Å²) >= 11 is 0. The van der Waals surface area contributed by atoms with Gasteiger partial charge in [-0.25, -0.2) is 0 Å². The highest BCUT2D eigenvalue weighted by Crippen LogP contribution is 2.39. The van der Waals surface area contributed by atoms with E-state index in [0.29, 0.717) is 6.42 Å². The first-order valence-electron chi connectivity index (χ1n) is 7.17. The maximum absolute atomic E-state index is 11.7. The van der Waals surface area contributed by atoms with Crippen molar-refractivity contribution in [3.63, 3.8) is 0 Å². The molecular weight excluding hydrogens is 274 g/mol. The van der Waals surface area contributed by atoms with Crippen LogP contribution in [-0.4, -0.2) is 32.5 Å². The molecule has 1 aliphatic rings. The van der Waals surface area contributed by atoms with Gasteiger partial charge in [0.25, 0.3) is 0 Å². The first-order chi connectivity index (χ1) is 8.99. The molecule has 1 N–H and O–H groups in total. The maximum Gasteiger partial charge on any atom is 0.307 e. The van der Waals surface area contributed by atoms with Crippen LogP contribution in [0.25, 0.3) is 0 Å². The van der Waals surface area contributed by atoms with E-state index in [1.54, 1.807) is 6.92 Å². The Balaban J connectivity index is 2.68. The minimum absolute atomic E-state index is 0.0804. The van der Waals surface area contributed by atoms with Gasteiger partial charge in [-0.05, 0) is 25.1 Å². The third kappa shape index (κ3) is 3.61. The number of ether oxygens (including phenoxy) is 1. The fourth-order valence-corrected chi connectivity index (χ4v) is 3.30. The van der Waals surface area contributed by atoms with Gasteiger partial charge in [0.05, 0.1) is 6.10 Å². The summed E-state index contributed by atoms with van der Waals surface area (Å²) in [5, 5.41) is 2.70. The highest BCUT2D eigenvalue weighted by Gasteiger charge is 2.49. The molecule has 6 heteroatoms. The van der Waals surface area contributed by atoms with Crippen LogP contribution in [0.2, 0.25) is 18.1 Å². The Labute approximate surface area is 122 Å². The molecule has 0 unspecified atom stereocenters. The van der Waals surface area contributed by atoms with Crippen LogP contribution in [-0.2, 0) is 18.8 Å². The lowest BCUT2D eigenvalue weighted by Crippen LogP contribution is -2.65. The summed E-state index contributed by atoms with van der Waals surface area (Å²) in [5.41, 5.74) is 0. The molecule has 116 valence electrons.